The van der Waals surface area contributed by atoms with Gasteiger partial charge in [0.05, 0.1) is 23.2 Å². The Kier molecular flexibility index (Phi) is 5.98. The lowest BCUT2D eigenvalue weighted by molar-refractivity contribution is -0.138. The van der Waals surface area contributed by atoms with Gasteiger partial charge in [-0.15, -0.1) is 0 Å². The summed E-state index contributed by atoms with van der Waals surface area (Å²) in [6.45, 7) is 0. The molecule has 142 valence electrons. The van der Waals surface area contributed by atoms with E-state index in [1.165, 1.54) is 24.3 Å². The minimum Gasteiger partial charge on any atom is -0.311 e. The monoisotopic (exact) mass is 376 g/mol. The maximum atomic E-state index is 13.0. The minimum atomic E-state index is -4.50. The van der Waals surface area contributed by atoms with Crippen molar-refractivity contribution in [3.63, 3.8) is 0 Å². The summed E-state index contributed by atoms with van der Waals surface area (Å²) in [6.07, 6.45) is -9.00. The highest BCUT2D eigenvalue weighted by Crippen LogP contribution is 2.36. The Morgan fingerprint density at radius 3 is 1.27 bits per heavy atom. The van der Waals surface area contributed by atoms with Crippen LogP contribution in [0.1, 0.15) is 34.3 Å². The SMILES string of the molecule is CN[C@H](c1cccc(C(F)(F)F)c1)[C@H](NC)c1cccc(C(F)(F)F)c1. The fourth-order valence-electron chi connectivity index (χ4n) is 2.87. The number of halogens is 6. The van der Waals surface area contributed by atoms with Crippen molar-refractivity contribution < 1.29 is 26.3 Å². The Balaban J connectivity index is 2.45. The fourth-order valence-corrected chi connectivity index (χ4v) is 2.87. The molecular formula is C18H18F6N2. The molecule has 0 aromatic heterocycles. The first kappa shape index (κ1) is 20.3. The van der Waals surface area contributed by atoms with Gasteiger partial charge in [0.15, 0.2) is 0 Å². The molecule has 0 heterocycles. The summed E-state index contributed by atoms with van der Waals surface area (Å²) in [5, 5.41) is 5.79. The van der Waals surface area contributed by atoms with Gasteiger partial charge in [-0.25, -0.2) is 0 Å². The predicted octanol–water partition coefficient (Wildman–Crippen LogP) is 4.95. The summed E-state index contributed by atoms with van der Waals surface area (Å²) >= 11 is 0. The molecule has 0 bridgehead atoms. The summed E-state index contributed by atoms with van der Waals surface area (Å²) in [6, 6.07) is 8.16. The number of hydrogen-bond acceptors (Lipinski definition) is 2. The van der Waals surface area contributed by atoms with Crippen LogP contribution in [0, 0.1) is 0 Å². The topological polar surface area (TPSA) is 24.1 Å². The summed E-state index contributed by atoms with van der Waals surface area (Å²) in [5.74, 6) is 0. The molecule has 2 atom stereocenters. The second kappa shape index (κ2) is 7.67. The molecule has 0 unspecified atom stereocenters. The van der Waals surface area contributed by atoms with Crippen molar-refractivity contribution in [3.8, 4) is 0 Å². The first-order valence-electron chi connectivity index (χ1n) is 7.76. The third-order valence-electron chi connectivity index (χ3n) is 4.10. The van der Waals surface area contributed by atoms with E-state index in [4.69, 9.17) is 0 Å². The van der Waals surface area contributed by atoms with E-state index in [1.54, 1.807) is 14.1 Å². The number of likely N-dealkylation sites (N-methyl/N-ethyl adjacent to an activating group) is 2. The molecule has 0 fully saturated rings. The molecule has 2 N–H and O–H groups in total. The number of alkyl halides is 6. The first-order valence-corrected chi connectivity index (χ1v) is 7.76. The smallest absolute Gasteiger partial charge is 0.311 e. The maximum absolute atomic E-state index is 13.0. The van der Waals surface area contributed by atoms with E-state index in [0.29, 0.717) is 11.1 Å². The van der Waals surface area contributed by atoms with Crippen molar-refractivity contribution in [2.24, 2.45) is 0 Å². The number of hydrogen-bond donors (Lipinski definition) is 2. The largest absolute Gasteiger partial charge is 0.416 e. The molecule has 0 radical (unpaired) electrons. The van der Waals surface area contributed by atoms with E-state index in [9.17, 15) is 26.3 Å². The maximum Gasteiger partial charge on any atom is 0.416 e. The number of rotatable bonds is 5. The van der Waals surface area contributed by atoms with E-state index < -0.39 is 35.6 Å². The molecule has 0 aliphatic heterocycles. The summed E-state index contributed by atoms with van der Waals surface area (Å²) in [5.41, 5.74) is -0.985. The van der Waals surface area contributed by atoms with Crippen LogP contribution in [0.5, 0.6) is 0 Å². The zero-order valence-electron chi connectivity index (χ0n) is 14.0. The molecule has 0 spiro atoms. The Labute approximate surface area is 147 Å². The zero-order valence-corrected chi connectivity index (χ0v) is 14.0. The number of benzene rings is 2. The van der Waals surface area contributed by atoms with Gasteiger partial charge in [0.1, 0.15) is 0 Å². The first-order chi connectivity index (χ1) is 12.1. The van der Waals surface area contributed by atoms with E-state index >= 15 is 0 Å². The van der Waals surface area contributed by atoms with Crippen LogP contribution in [-0.4, -0.2) is 14.1 Å². The van der Waals surface area contributed by atoms with E-state index in [0.717, 1.165) is 24.3 Å². The average Bonchev–Trinajstić information content (AvgIpc) is 2.58. The Hall–Kier alpha value is -2.06. The van der Waals surface area contributed by atoms with Crippen LogP contribution < -0.4 is 10.6 Å². The van der Waals surface area contributed by atoms with E-state index in [1.807, 2.05) is 0 Å². The fraction of sp³-hybridized carbons (Fsp3) is 0.333. The molecule has 0 aliphatic rings. The highest BCUT2D eigenvalue weighted by atomic mass is 19.4. The quantitative estimate of drug-likeness (QED) is 0.722. The Morgan fingerprint density at radius 1 is 0.654 bits per heavy atom. The van der Waals surface area contributed by atoms with Crippen LogP contribution >= 0.6 is 0 Å². The van der Waals surface area contributed by atoms with Crippen LogP contribution in [0.15, 0.2) is 48.5 Å². The van der Waals surface area contributed by atoms with Crippen molar-refractivity contribution in [3.05, 3.63) is 70.8 Å². The van der Waals surface area contributed by atoms with Crippen molar-refractivity contribution in [2.45, 2.75) is 24.4 Å². The van der Waals surface area contributed by atoms with Gasteiger partial charge in [-0.05, 0) is 49.5 Å². The molecule has 2 nitrogen and oxygen atoms in total. The van der Waals surface area contributed by atoms with Crippen molar-refractivity contribution in [1.82, 2.24) is 10.6 Å². The lowest BCUT2D eigenvalue weighted by atomic mass is 9.91. The molecule has 2 aromatic carbocycles. The van der Waals surface area contributed by atoms with Gasteiger partial charge in [-0.1, -0.05) is 24.3 Å². The molecule has 26 heavy (non-hydrogen) atoms. The Bertz CT molecular complexity index is 675. The van der Waals surface area contributed by atoms with Gasteiger partial charge in [-0.2, -0.15) is 26.3 Å². The standard InChI is InChI=1S/C18H18F6N2/c1-25-15(11-5-3-7-13(9-11)17(19,20)21)16(26-2)12-6-4-8-14(10-12)18(22,23)24/h3-10,15-16,25-26H,1-2H3/t15-,16-/m1/s1. The third-order valence-corrected chi connectivity index (χ3v) is 4.10. The van der Waals surface area contributed by atoms with Gasteiger partial charge in [0, 0.05) is 0 Å². The second-order valence-corrected chi connectivity index (χ2v) is 5.78. The van der Waals surface area contributed by atoms with Crippen LogP contribution in [0.3, 0.4) is 0 Å². The second-order valence-electron chi connectivity index (χ2n) is 5.78. The normalized spacial score (nSPS) is 14.9. The minimum absolute atomic E-state index is 0.319. The van der Waals surface area contributed by atoms with E-state index in [2.05, 4.69) is 10.6 Å². The molecule has 8 heteroatoms. The summed E-state index contributed by atoms with van der Waals surface area (Å²) < 4.78 is 77.8. The molecule has 2 rings (SSSR count). The lowest BCUT2D eigenvalue weighted by Crippen LogP contribution is -2.32. The summed E-state index contributed by atoms with van der Waals surface area (Å²) in [4.78, 5) is 0. The average molecular weight is 376 g/mol. The summed E-state index contributed by atoms with van der Waals surface area (Å²) in [7, 11) is 3.09. The molecule has 0 saturated carbocycles. The highest BCUT2D eigenvalue weighted by Gasteiger charge is 2.33. The lowest BCUT2D eigenvalue weighted by Gasteiger charge is -2.28. The van der Waals surface area contributed by atoms with E-state index in [-0.39, 0.29) is 0 Å². The van der Waals surface area contributed by atoms with Gasteiger partial charge in [0.25, 0.3) is 0 Å². The van der Waals surface area contributed by atoms with Crippen molar-refractivity contribution in [2.75, 3.05) is 14.1 Å². The van der Waals surface area contributed by atoms with Crippen molar-refractivity contribution >= 4 is 0 Å². The van der Waals surface area contributed by atoms with Gasteiger partial charge >= 0.3 is 12.4 Å². The van der Waals surface area contributed by atoms with Crippen LogP contribution in [0.4, 0.5) is 26.3 Å². The van der Waals surface area contributed by atoms with Crippen LogP contribution in [-0.2, 0) is 12.4 Å². The molecule has 0 aliphatic carbocycles. The third kappa shape index (κ3) is 4.56. The van der Waals surface area contributed by atoms with Gasteiger partial charge in [-0.3, -0.25) is 0 Å². The van der Waals surface area contributed by atoms with Gasteiger partial charge < -0.3 is 10.6 Å². The Morgan fingerprint density at radius 2 is 1.00 bits per heavy atom. The van der Waals surface area contributed by atoms with Crippen molar-refractivity contribution in [1.29, 1.82) is 0 Å². The molecular weight excluding hydrogens is 358 g/mol. The predicted molar refractivity (Wildman–Crippen MR) is 86.5 cm³/mol. The number of nitrogens with one attached hydrogen (secondary N) is 2. The molecule has 2 aromatic rings. The highest BCUT2D eigenvalue weighted by molar-refractivity contribution is 5.34. The molecule has 0 saturated heterocycles. The van der Waals surface area contributed by atoms with Crippen LogP contribution in [0.25, 0.3) is 0 Å². The molecule has 0 amide bonds. The zero-order chi connectivity index (χ0) is 19.5. The van der Waals surface area contributed by atoms with Gasteiger partial charge in [0.2, 0.25) is 0 Å². The van der Waals surface area contributed by atoms with Crippen LogP contribution in [0.2, 0.25) is 0 Å².